The second-order valence-electron chi connectivity index (χ2n) is 8.10. The fourth-order valence-electron chi connectivity index (χ4n) is 4.23. The molecule has 1 amide bonds. The molecule has 0 fully saturated rings. The van der Waals surface area contributed by atoms with Gasteiger partial charge in [0.2, 0.25) is 0 Å². The molecule has 32 heavy (non-hydrogen) atoms. The lowest BCUT2D eigenvalue weighted by Crippen LogP contribution is -2.30. The number of H-pyrrole nitrogens is 1. The van der Waals surface area contributed by atoms with Crippen molar-refractivity contribution in [2.24, 2.45) is 0 Å². The maximum atomic E-state index is 12.6. The fourth-order valence-corrected chi connectivity index (χ4v) is 5.01. The molecular weight excluding hydrogens is 420 g/mol. The van der Waals surface area contributed by atoms with Crippen molar-refractivity contribution in [1.82, 2.24) is 30.6 Å². The second kappa shape index (κ2) is 9.58. The number of aromatic amines is 1. The third-order valence-corrected chi connectivity index (χ3v) is 6.76. The number of nitrogens with zero attached hydrogens (tertiary/aromatic N) is 3. The van der Waals surface area contributed by atoms with Crippen LogP contribution in [0.3, 0.4) is 0 Å². The zero-order chi connectivity index (χ0) is 21.8. The van der Waals surface area contributed by atoms with Gasteiger partial charge in [-0.05, 0) is 43.0 Å². The molecule has 7 nitrogen and oxygen atoms in total. The summed E-state index contributed by atoms with van der Waals surface area (Å²) in [5.41, 5.74) is 4.97. The number of hydrogen-bond donors (Lipinski definition) is 3. The largest absolute Gasteiger partial charge is 0.350 e. The summed E-state index contributed by atoms with van der Waals surface area (Å²) in [5.74, 6) is 1.10. The number of aryl methyl sites for hydroxylation is 1. The predicted octanol–water partition coefficient (Wildman–Crippen LogP) is 3.60. The van der Waals surface area contributed by atoms with Crippen molar-refractivity contribution in [2.75, 3.05) is 13.1 Å². The van der Waals surface area contributed by atoms with Gasteiger partial charge in [0, 0.05) is 42.7 Å². The summed E-state index contributed by atoms with van der Waals surface area (Å²) in [6.07, 6.45) is 5.89. The molecule has 1 atom stereocenters. The molecule has 5 rings (SSSR count). The minimum absolute atomic E-state index is 0.106. The Morgan fingerprint density at radius 1 is 1.19 bits per heavy atom. The van der Waals surface area contributed by atoms with Crippen molar-refractivity contribution in [1.29, 1.82) is 0 Å². The van der Waals surface area contributed by atoms with Gasteiger partial charge in [0.05, 0.1) is 22.6 Å². The summed E-state index contributed by atoms with van der Waals surface area (Å²) in [6, 6.07) is 12.1. The molecule has 0 saturated heterocycles. The van der Waals surface area contributed by atoms with E-state index < -0.39 is 0 Å². The van der Waals surface area contributed by atoms with Gasteiger partial charge < -0.3 is 15.6 Å². The maximum absolute atomic E-state index is 12.6. The standard InChI is InChI=1S/C24H26N6OS/c31-24(27-13-17-6-3-5-16-7-4-11-26-23(16)17)20-15-32-22(30-20)10-12-25-14-21-28-18-8-1-2-9-19(18)29-21/h1-2,4,7-9,11,15,17,25H,3,5-6,10,12-14H2,(H,27,31)(H,28,29). The van der Waals surface area contributed by atoms with Gasteiger partial charge in [-0.1, -0.05) is 18.2 Å². The highest BCUT2D eigenvalue weighted by molar-refractivity contribution is 7.09. The molecular formula is C24H26N6OS. The van der Waals surface area contributed by atoms with Gasteiger partial charge in [-0.25, -0.2) is 9.97 Å². The normalized spacial score (nSPS) is 15.6. The molecule has 1 aromatic carbocycles. The lowest BCUT2D eigenvalue weighted by atomic mass is 9.86. The highest BCUT2D eigenvalue weighted by Gasteiger charge is 2.22. The van der Waals surface area contributed by atoms with E-state index in [0.29, 0.717) is 18.8 Å². The van der Waals surface area contributed by atoms with E-state index in [9.17, 15) is 4.79 Å². The number of carbonyl (C=O) groups excluding carboxylic acids is 1. The van der Waals surface area contributed by atoms with Crippen molar-refractivity contribution >= 4 is 28.3 Å². The number of hydrogen-bond acceptors (Lipinski definition) is 6. The van der Waals surface area contributed by atoms with Crippen LogP contribution in [0.15, 0.2) is 48.0 Å². The fraction of sp³-hybridized carbons (Fsp3) is 0.333. The van der Waals surface area contributed by atoms with Crippen LogP contribution in [0.4, 0.5) is 0 Å². The molecule has 0 spiro atoms. The molecule has 1 aliphatic carbocycles. The highest BCUT2D eigenvalue weighted by atomic mass is 32.1. The molecule has 0 radical (unpaired) electrons. The lowest BCUT2D eigenvalue weighted by molar-refractivity contribution is 0.0945. The first-order valence-corrected chi connectivity index (χ1v) is 11.9. The van der Waals surface area contributed by atoms with E-state index in [1.54, 1.807) is 0 Å². The number of benzene rings is 1. The van der Waals surface area contributed by atoms with Crippen LogP contribution in [0.5, 0.6) is 0 Å². The van der Waals surface area contributed by atoms with Gasteiger partial charge in [-0.2, -0.15) is 0 Å². The Labute approximate surface area is 190 Å². The summed E-state index contributed by atoms with van der Waals surface area (Å²) in [5, 5.41) is 9.25. The van der Waals surface area contributed by atoms with E-state index in [-0.39, 0.29) is 11.8 Å². The van der Waals surface area contributed by atoms with Crippen molar-refractivity contribution in [2.45, 2.75) is 38.1 Å². The SMILES string of the molecule is O=C(NCC1CCCc2cccnc21)c1csc(CCNCc2nc3ccccc3[nH]2)n1. The highest BCUT2D eigenvalue weighted by Crippen LogP contribution is 2.29. The predicted molar refractivity (Wildman–Crippen MR) is 126 cm³/mol. The molecule has 1 unspecified atom stereocenters. The van der Waals surface area contributed by atoms with Crippen LogP contribution in [0.25, 0.3) is 11.0 Å². The first-order valence-electron chi connectivity index (χ1n) is 11.1. The minimum atomic E-state index is -0.106. The number of fused-ring (bicyclic) bond motifs is 2. The van der Waals surface area contributed by atoms with Gasteiger partial charge in [0.25, 0.3) is 5.91 Å². The van der Waals surface area contributed by atoms with Crippen molar-refractivity contribution in [3.8, 4) is 0 Å². The Hall–Kier alpha value is -3.10. The van der Waals surface area contributed by atoms with Crippen LogP contribution in [0, 0.1) is 0 Å². The molecule has 0 bridgehead atoms. The number of amides is 1. The third kappa shape index (κ3) is 4.71. The van der Waals surface area contributed by atoms with Gasteiger partial charge in [0.15, 0.2) is 0 Å². The van der Waals surface area contributed by atoms with Crippen LogP contribution in [-0.2, 0) is 19.4 Å². The zero-order valence-corrected chi connectivity index (χ0v) is 18.6. The van der Waals surface area contributed by atoms with Gasteiger partial charge in [-0.3, -0.25) is 9.78 Å². The zero-order valence-electron chi connectivity index (χ0n) is 17.8. The topological polar surface area (TPSA) is 95.6 Å². The second-order valence-corrected chi connectivity index (χ2v) is 9.04. The molecule has 8 heteroatoms. The lowest BCUT2D eigenvalue weighted by Gasteiger charge is -2.24. The number of carbonyl (C=O) groups is 1. The molecule has 1 aliphatic rings. The van der Waals surface area contributed by atoms with E-state index in [2.05, 4.69) is 36.6 Å². The van der Waals surface area contributed by atoms with Crippen LogP contribution in [0.1, 0.15) is 51.3 Å². The third-order valence-electron chi connectivity index (χ3n) is 5.85. The number of rotatable bonds is 8. The van der Waals surface area contributed by atoms with Gasteiger partial charge in [0.1, 0.15) is 11.5 Å². The van der Waals surface area contributed by atoms with E-state index in [1.165, 1.54) is 16.9 Å². The number of imidazole rings is 1. The Morgan fingerprint density at radius 2 is 2.12 bits per heavy atom. The average molecular weight is 447 g/mol. The Kier molecular flexibility index (Phi) is 6.22. The quantitative estimate of drug-likeness (QED) is 0.360. The Balaban J connectivity index is 1.09. The van der Waals surface area contributed by atoms with Crippen molar-refractivity contribution in [3.63, 3.8) is 0 Å². The van der Waals surface area contributed by atoms with E-state index in [4.69, 9.17) is 0 Å². The molecule has 3 N–H and O–H groups in total. The first-order chi connectivity index (χ1) is 15.8. The number of nitrogens with one attached hydrogen (secondary N) is 3. The van der Waals surface area contributed by atoms with Crippen LogP contribution in [0.2, 0.25) is 0 Å². The summed E-state index contributed by atoms with van der Waals surface area (Å²) in [7, 11) is 0. The summed E-state index contributed by atoms with van der Waals surface area (Å²) >= 11 is 1.53. The maximum Gasteiger partial charge on any atom is 0.270 e. The van der Waals surface area contributed by atoms with Crippen molar-refractivity contribution in [3.05, 3.63) is 75.8 Å². The van der Waals surface area contributed by atoms with E-state index >= 15 is 0 Å². The number of aromatic nitrogens is 4. The summed E-state index contributed by atoms with van der Waals surface area (Å²) in [4.78, 5) is 29.6. The van der Waals surface area contributed by atoms with Crippen LogP contribution in [-0.4, -0.2) is 38.9 Å². The molecule has 3 aromatic heterocycles. The summed E-state index contributed by atoms with van der Waals surface area (Å²) in [6.45, 7) is 2.05. The molecule has 3 heterocycles. The van der Waals surface area contributed by atoms with Gasteiger partial charge in [-0.15, -0.1) is 11.3 Å². The van der Waals surface area contributed by atoms with E-state index in [1.807, 2.05) is 41.9 Å². The molecule has 0 saturated carbocycles. The molecule has 4 aromatic rings. The van der Waals surface area contributed by atoms with Crippen LogP contribution >= 0.6 is 11.3 Å². The monoisotopic (exact) mass is 446 g/mol. The van der Waals surface area contributed by atoms with Gasteiger partial charge >= 0.3 is 0 Å². The number of thiazole rings is 1. The minimum Gasteiger partial charge on any atom is -0.350 e. The smallest absolute Gasteiger partial charge is 0.270 e. The number of para-hydroxylation sites is 2. The van der Waals surface area contributed by atoms with E-state index in [0.717, 1.165) is 59.8 Å². The van der Waals surface area contributed by atoms with Crippen molar-refractivity contribution < 1.29 is 4.79 Å². The molecule has 164 valence electrons. The van der Waals surface area contributed by atoms with Crippen LogP contribution < -0.4 is 10.6 Å². The Bertz CT molecular complexity index is 1180. The summed E-state index contributed by atoms with van der Waals surface area (Å²) < 4.78 is 0. The first kappa shape index (κ1) is 20.8. The molecule has 0 aliphatic heterocycles. The Morgan fingerprint density at radius 3 is 3.06 bits per heavy atom. The number of pyridine rings is 1. The average Bonchev–Trinajstić information content (AvgIpc) is 3.47.